The van der Waals surface area contributed by atoms with Crippen LogP contribution in [0.1, 0.15) is 36.3 Å². The molecule has 4 nitrogen and oxygen atoms in total. The molecule has 1 aromatic carbocycles. The van der Waals surface area contributed by atoms with Gasteiger partial charge in [-0.15, -0.1) is 0 Å². The van der Waals surface area contributed by atoms with Gasteiger partial charge >= 0.3 is 5.92 Å². The molecule has 2 N–H and O–H groups in total. The minimum absolute atomic E-state index is 0.00552. The molecule has 1 aliphatic rings. The summed E-state index contributed by atoms with van der Waals surface area (Å²) in [6, 6.07) is 3.10. The highest BCUT2D eigenvalue weighted by Crippen LogP contribution is 2.36. The van der Waals surface area contributed by atoms with Gasteiger partial charge in [0.1, 0.15) is 0 Å². The van der Waals surface area contributed by atoms with Crippen molar-refractivity contribution in [3.63, 3.8) is 0 Å². The molecule has 0 fully saturated rings. The third-order valence-electron chi connectivity index (χ3n) is 3.70. The van der Waals surface area contributed by atoms with E-state index in [0.29, 0.717) is 16.5 Å². The molecular formula is C14H15F2N3O. The van der Waals surface area contributed by atoms with Crippen molar-refractivity contribution in [3.05, 3.63) is 39.4 Å². The van der Waals surface area contributed by atoms with Gasteiger partial charge in [0.25, 0.3) is 5.56 Å². The smallest absolute Gasteiger partial charge is 0.306 e. The predicted molar refractivity (Wildman–Crippen MR) is 71.9 cm³/mol. The number of aryl methyl sites for hydroxylation is 1. The van der Waals surface area contributed by atoms with E-state index in [9.17, 15) is 13.6 Å². The molecule has 3 rings (SSSR count). The van der Waals surface area contributed by atoms with Crippen LogP contribution >= 0.6 is 0 Å². The van der Waals surface area contributed by atoms with Crippen LogP contribution in [0, 0.1) is 6.92 Å². The van der Waals surface area contributed by atoms with Gasteiger partial charge < -0.3 is 5.73 Å². The minimum Gasteiger partial charge on any atom is -0.324 e. The molecule has 0 spiro atoms. The fraction of sp³-hybridized carbons (Fsp3) is 0.429. The lowest BCUT2D eigenvalue weighted by atomic mass is 10.0. The van der Waals surface area contributed by atoms with E-state index in [1.165, 1.54) is 0 Å². The number of hydrogen-bond acceptors (Lipinski definition) is 3. The summed E-state index contributed by atoms with van der Waals surface area (Å²) >= 11 is 0. The van der Waals surface area contributed by atoms with Crippen LogP contribution in [0.3, 0.4) is 0 Å². The number of hydrogen-bond donors (Lipinski definition) is 1. The summed E-state index contributed by atoms with van der Waals surface area (Å²) < 4.78 is 28.7. The van der Waals surface area contributed by atoms with Crippen molar-refractivity contribution in [3.8, 4) is 0 Å². The average Bonchev–Trinajstić information content (AvgIpc) is 2.66. The molecule has 1 unspecified atom stereocenters. The van der Waals surface area contributed by atoms with Gasteiger partial charge in [-0.1, -0.05) is 6.07 Å². The Morgan fingerprint density at radius 3 is 2.80 bits per heavy atom. The van der Waals surface area contributed by atoms with Crippen LogP contribution in [0.2, 0.25) is 0 Å². The van der Waals surface area contributed by atoms with Gasteiger partial charge in [0.15, 0.2) is 5.82 Å². The van der Waals surface area contributed by atoms with E-state index in [1.54, 1.807) is 19.1 Å². The van der Waals surface area contributed by atoms with Crippen LogP contribution in [0.5, 0.6) is 0 Å². The van der Waals surface area contributed by atoms with Crippen molar-refractivity contribution in [1.82, 2.24) is 9.55 Å². The van der Waals surface area contributed by atoms with Crippen molar-refractivity contribution in [1.29, 1.82) is 0 Å². The molecule has 2 heterocycles. The minimum atomic E-state index is -3.05. The molecule has 1 atom stereocenters. The molecule has 20 heavy (non-hydrogen) atoms. The maximum absolute atomic E-state index is 13.8. The Bertz CT molecular complexity index is 765. The lowest BCUT2D eigenvalue weighted by Crippen LogP contribution is -2.24. The molecule has 0 amide bonds. The first kappa shape index (κ1) is 13.2. The Morgan fingerprint density at radius 1 is 1.45 bits per heavy atom. The largest absolute Gasteiger partial charge is 0.324 e. The fourth-order valence-corrected chi connectivity index (χ4v) is 2.70. The second-order valence-electron chi connectivity index (χ2n) is 5.39. The second kappa shape index (κ2) is 4.09. The first-order chi connectivity index (χ1) is 9.31. The highest BCUT2D eigenvalue weighted by atomic mass is 19.3. The summed E-state index contributed by atoms with van der Waals surface area (Å²) in [6.07, 6.45) is -0.377. The van der Waals surface area contributed by atoms with Crippen molar-refractivity contribution >= 4 is 10.9 Å². The van der Waals surface area contributed by atoms with E-state index < -0.39 is 17.3 Å². The molecule has 1 aliphatic heterocycles. The fourth-order valence-electron chi connectivity index (χ4n) is 2.70. The molecule has 1 aromatic heterocycles. The quantitative estimate of drug-likeness (QED) is 0.870. The van der Waals surface area contributed by atoms with Gasteiger partial charge in [-0.05, 0) is 31.0 Å². The van der Waals surface area contributed by atoms with Crippen LogP contribution in [0.25, 0.3) is 10.9 Å². The highest BCUT2D eigenvalue weighted by Gasteiger charge is 2.42. The third kappa shape index (κ3) is 1.75. The summed E-state index contributed by atoms with van der Waals surface area (Å²) in [5.74, 6) is -3.49. The number of aromatic nitrogens is 2. The summed E-state index contributed by atoms with van der Waals surface area (Å²) in [7, 11) is 0. The number of nitrogens with two attached hydrogens (primary N) is 1. The molecule has 0 saturated heterocycles. The van der Waals surface area contributed by atoms with Gasteiger partial charge in [0, 0.05) is 19.0 Å². The normalized spacial score (nSPS) is 18.2. The Kier molecular flexibility index (Phi) is 2.69. The molecule has 0 radical (unpaired) electrons. The highest BCUT2D eigenvalue weighted by molar-refractivity contribution is 5.82. The van der Waals surface area contributed by atoms with E-state index in [2.05, 4.69) is 4.98 Å². The average molecular weight is 279 g/mol. The van der Waals surface area contributed by atoms with E-state index >= 15 is 0 Å². The van der Waals surface area contributed by atoms with E-state index in [0.717, 1.165) is 10.1 Å². The van der Waals surface area contributed by atoms with Gasteiger partial charge in [0.2, 0.25) is 0 Å². The van der Waals surface area contributed by atoms with Crippen LogP contribution in [0.4, 0.5) is 8.78 Å². The SMILES string of the molecule is Cc1cc(C(C)N)c2nc3n(c(=O)c2c1)CCC3(F)F. The van der Waals surface area contributed by atoms with Crippen molar-refractivity contribution in [2.45, 2.75) is 38.8 Å². The topological polar surface area (TPSA) is 60.9 Å². The van der Waals surface area contributed by atoms with Crippen molar-refractivity contribution < 1.29 is 8.78 Å². The summed E-state index contributed by atoms with van der Waals surface area (Å²) in [4.78, 5) is 16.4. The zero-order valence-electron chi connectivity index (χ0n) is 11.3. The Labute approximate surface area is 114 Å². The van der Waals surface area contributed by atoms with Crippen LogP contribution in [-0.4, -0.2) is 9.55 Å². The molecular weight excluding hydrogens is 264 g/mol. The van der Waals surface area contributed by atoms with Crippen LogP contribution in [0.15, 0.2) is 16.9 Å². The Morgan fingerprint density at radius 2 is 2.15 bits per heavy atom. The van der Waals surface area contributed by atoms with Gasteiger partial charge in [-0.3, -0.25) is 9.36 Å². The number of halogens is 2. The standard InChI is InChI=1S/C14H15F2N3O/c1-7-5-9(8(2)17)11-10(6-7)12(20)19-4-3-14(15,16)13(19)18-11/h5-6,8H,3-4,17H2,1-2H3. The Hall–Kier alpha value is -1.82. The molecule has 2 aromatic rings. The van der Waals surface area contributed by atoms with E-state index in [4.69, 9.17) is 5.73 Å². The Balaban J connectivity index is 2.46. The molecule has 0 bridgehead atoms. The summed E-state index contributed by atoms with van der Waals surface area (Å²) in [5.41, 5.74) is 7.26. The number of nitrogens with zero attached hydrogens (tertiary/aromatic N) is 2. The summed E-state index contributed by atoms with van der Waals surface area (Å²) in [5, 5.41) is 0.360. The summed E-state index contributed by atoms with van der Waals surface area (Å²) in [6.45, 7) is 3.60. The zero-order valence-corrected chi connectivity index (χ0v) is 11.3. The monoisotopic (exact) mass is 279 g/mol. The number of fused-ring (bicyclic) bond motifs is 2. The van der Waals surface area contributed by atoms with Gasteiger partial charge in [-0.25, -0.2) is 4.98 Å². The molecule has 106 valence electrons. The zero-order chi connectivity index (χ0) is 14.7. The van der Waals surface area contributed by atoms with Crippen molar-refractivity contribution in [2.24, 2.45) is 5.73 Å². The maximum Gasteiger partial charge on any atom is 0.306 e. The van der Waals surface area contributed by atoms with Crippen LogP contribution in [-0.2, 0) is 12.5 Å². The first-order valence-corrected chi connectivity index (χ1v) is 6.50. The number of alkyl halides is 2. The van der Waals surface area contributed by atoms with Gasteiger partial charge in [0.05, 0.1) is 10.9 Å². The third-order valence-corrected chi connectivity index (χ3v) is 3.70. The molecule has 0 saturated carbocycles. The second-order valence-corrected chi connectivity index (χ2v) is 5.39. The van der Waals surface area contributed by atoms with Gasteiger partial charge in [-0.2, -0.15) is 8.78 Å². The van der Waals surface area contributed by atoms with Crippen LogP contribution < -0.4 is 11.3 Å². The molecule has 6 heteroatoms. The predicted octanol–water partition coefficient (Wildman–Crippen LogP) is 2.22. The lowest BCUT2D eigenvalue weighted by Gasteiger charge is -2.14. The lowest BCUT2D eigenvalue weighted by molar-refractivity contribution is -0.00628. The van der Waals surface area contributed by atoms with Crippen molar-refractivity contribution in [2.75, 3.05) is 0 Å². The first-order valence-electron chi connectivity index (χ1n) is 6.50. The molecule has 0 aliphatic carbocycles. The maximum atomic E-state index is 13.8. The van der Waals surface area contributed by atoms with E-state index in [1.807, 2.05) is 6.92 Å². The van der Waals surface area contributed by atoms with E-state index in [-0.39, 0.29) is 19.0 Å². The number of rotatable bonds is 1. The number of benzene rings is 1.